The lowest BCUT2D eigenvalue weighted by atomic mass is 9.92. The number of urea groups is 1. The maximum absolute atomic E-state index is 11.8. The van der Waals surface area contributed by atoms with Crippen LogP contribution in [-0.2, 0) is 0 Å². The molecule has 2 rings (SSSR count). The van der Waals surface area contributed by atoms with Crippen molar-refractivity contribution < 1.29 is 4.79 Å². The van der Waals surface area contributed by atoms with Gasteiger partial charge in [0.2, 0.25) is 0 Å². The van der Waals surface area contributed by atoms with Crippen LogP contribution in [0.3, 0.4) is 0 Å². The van der Waals surface area contributed by atoms with E-state index in [2.05, 4.69) is 35.5 Å². The minimum Gasteiger partial charge on any atom is -0.337 e. The molecule has 22 heavy (non-hydrogen) atoms. The molecule has 2 atom stereocenters. The number of hydrogen-bond donors (Lipinski definition) is 2. The molecule has 0 aromatic heterocycles. The molecule has 0 unspecified atom stereocenters. The van der Waals surface area contributed by atoms with Crippen LogP contribution in [0, 0.1) is 23.2 Å². The molecular formula is C17H24N4O. The van der Waals surface area contributed by atoms with Crippen molar-refractivity contribution in [2.24, 2.45) is 11.8 Å². The Kier molecular flexibility index (Phi) is 5.79. The van der Waals surface area contributed by atoms with Crippen LogP contribution in [0.25, 0.3) is 0 Å². The molecule has 0 aliphatic carbocycles. The fraction of sp³-hybridized carbons (Fsp3) is 0.529. The van der Waals surface area contributed by atoms with Crippen molar-refractivity contribution in [1.82, 2.24) is 10.2 Å². The molecule has 5 nitrogen and oxygen atoms in total. The van der Waals surface area contributed by atoms with Gasteiger partial charge in [0, 0.05) is 31.9 Å². The van der Waals surface area contributed by atoms with Crippen molar-refractivity contribution in [1.29, 1.82) is 5.26 Å². The van der Waals surface area contributed by atoms with Crippen LogP contribution < -0.4 is 10.6 Å². The highest BCUT2D eigenvalue weighted by Crippen LogP contribution is 2.20. The van der Waals surface area contributed by atoms with E-state index in [1.165, 1.54) is 6.42 Å². The Hall–Kier alpha value is -2.06. The minimum atomic E-state index is -0.206. The second-order valence-corrected chi connectivity index (χ2v) is 6.28. The van der Waals surface area contributed by atoms with Crippen LogP contribution in [0.4, 0.5) is 10.5 Å². The van der Waals surface area contributed by atoms with E-state index in [1.807, 2.05) is 0 Å². The van der Waals surface area contributed by atoms with Gasteiger partial charge in [-0.1, -0.05) is 13.8 Å². The van der Waals surface area contributed by atoms with Crippen LogP contribution in [0.15, 0.2) is 24.3 Å². The number of piperidine rings is 1. The summed E-state index contributed by atoms with van der Waals surface area (Å²) >= 11 is 0. The van der Waals surface area contributed by atoms with E-state index in [4.69, 9.17) is 5.26 Å². The van der Waals surface area contributed by atoms with Crippen molar-refractivity contribution in [2.45, 2.75) is 20.3 Å². The van der Waals surface area contributed by atoms with Gasteiger partial charge in [-0.3, -0.25) is 0 Å². The van der Waals surface area contributed by atoms with E-state index >= 15 is 0 Å². The first-order chi connectivity index (χ1) is 10.6. The van der Waals surface area contributed by atoms with Gasteiger partial charge in [0.15, 0.2) is 0 Å². The van der Waals surface area contributed by atoms with Gasteiger partial charge in [0.1, 0.15) is 0 Å². The van der Waals surface area contributed by atoms with Crippen LogP contribution in [0.1, 0.15) is 25.8 Å². The highest BCUT2D eigenvalue weighted by atomic mass is 16.2. The topological polar surface area (TPSA) is 68.2 Å². The first-order valence-corrected chi connectivity index (χ1v) is 7.84. The molecule has 1 aliphatic heterocycles. The number of benzene rings is 1. The van der Waals surface area contributed by atoms with E-state index in [0.717, 1.165) is 31.5 Å². The Labute approximate surface area is 132 Å². The Morgan fingerprint density at radius 3 is 2.50 bits per heavy atom. The molecule has 1 aromatic rings. The van der Waals surface area contributed by atoms with E-state index in [1.54, 1.807) is 24.3 Å². The number of nitriles is 1. The average molecular weight is 300 g/mol. The van der Waals surface area contributed by atoms with Crippen molar-refractivity contribution in [3.8, 4) is 6.07 Å². The normalized spacial score (nSPS) is 21.9. The molecule has 0 bridgehead atoms. The highest BCUT2D eigenvalue weighted by molar-refractivity contribution is 5.89. The second-order valence-electron chi connectivity index (χ2n) is 6.28. The summed E-state index contributed by atoms with van der Waals surface area (Å²) < 4.78 is 0. The lowest BCUT2D eigenvalue weighted by Gasteiger charge is -2.34. The van der Waals surface area contributed by atoms with Gasteiger partial charge in [-0.25, -0.2) is 4.79 Å². The molecule has 2 amide bonds. The van der Waals surface area contributed by atoms with Gasteiger partial charge in [-0.2, -0.15) is 5.26 Å². The smallest absolute Gasteiger partial charge is 0.319 e. The monoisotopic (exact) mass is 300 g/mol. The SMILES string of the molecule is C[C@@H]1C[C@@H](C)CN(CCNC(=O)Nc2ccc(C#N)cc2)C1. The van der Waals surface area contributed by atoms with E-state index in [9.17, 15) is 4.79 Å². The van der Waals surface area contributed by atoms with Gasteiger partial charge in [-0.05, 0) is 42.5 Å². The first-order valence-electron chi connectivity index (χ1n) is 7.84. The third kappa shape index (κ3) is 5.05. The zero-order valence-corrected chi connectivity index (χ0v) is 13.3. The van der Waals surface area contributed by atoms with Gasteiger partial charge >= 0.3 is 6.03 Å². The summed E-state index contributed by atoms with van der Waals surface area (Å²) in [5.74, 6) is 1.47. The predicted molar refractivity (Wildman–Crippen MR) is 87.6 cm³/mol. The molecule has 1 heterocycles. The van der Waals surface area contributed by atoms with Gasteiger partial charge < -0.3 is 15.5 Å². The fourth-order valence-corrected chi connectivity index (χ4v) is 3.11. The number of nitrogens with zero attached hydrogens (tertiary/aromatic N) is 2. The van der Waals surface area contributed by atoms with Crippen LogP contribution in [0.5, 0.6) is 0 Å². The number of nitrogens with one attached hydrogen (secondary N) is 2. The molecule has 118 valence electrons. The van der Waals surface area contributed by atoms with Gasteiger partial charge in [0.25, 0.3) is 0 Å². The van der Waals surface area contributed by atoms with E-state index < -0.39 is 0 Å². The average Bonchev–Trinajstić information content (AvgIpc) is 2.47. The molecular weight excluding hydrogens is 276 g/mol. The molecule has 0 saturated carbocycles. The summed E-state index contributed by atoms with van der Waals surface area (Å²) in [7, 11) is 0. The third-order valence-electron chi connectivity index (χ3n) is 3.93. The second kappa shape index (κ2) is 7.81. The Balaban J connectivity index is 1.70. The Morgan fingerprint density at radius 1 is 1.27 bits per heavy atom. The molecule has 1 saturated heterocycles. The quantitative estimate of drug-likeness (QED) is 0.898. The lowest BCUT2D eigenvalue weighted by molar-refractivity contribution is 0.142. The summed E-state index contributed by atoms with van der Waals surface area (Å²) in [6, 6.07) is 8.68. The number of rotatable bonds is 4. The van der Waals surface area contributed by atoms with Crippen molar-refractivity contribution >= 4 is 11.7 Å². The number of anilines is 1. The standard InChI is InChI=1S/C17H24N4O/c1-13-9-14(2)12-21(11-13)8-7-19-17(22)20-16-5-3-15(10-18)4-6-16/h3-6,13-14H,7-9,11-12H2,1-2H3,(H2,19,20,22)/t13-,14-/m1/s1. The summed E-state index contributed by atoms with van der Waals surface area (Å²) in [6.07, 6.45) is 1.29. The fourth-order valence-electron chi connectivity index (χ4n) is 3.11. The Morgan fingerprint density at radius 2 is 1.91 bits per heavy atom. The van der Waals surface area contributed by atoms with Gasteiger partial charge in [-0.15, -0.1) is 0 Å². The van der Waals surface area contributed by atoms with Crippen LogP contribution in [0.2, 0.25) is 0 Å². The molecule has 5 heteroatoms. The number of carbonyl (C=O) groups excluding carboxylic acids is 1. The third-order valence-corrected chi connectivity index (χ3v) is 3.93. The number of carbonyl (C=O) groups is 1. The maximum Gasteiger partial charge on any atom is 0.319 e. The Bertz CT molecular complexity index is 525. The van der Waals surface area contributed by atoms with Gasteiger partial charge in [0.05, 0.1) is 11.6 Å². The molecule has 1 aliphatic rings. The summed E-state index contributed by atoms with van der Waals surface area (Å²) in [4.78, 5) is 14.2. The number of amides is 2. The largest absolute Gasteiger partial charge is 0.337 e. The number of hydrogen-bond acceptors (Lipinski definition) is 3. The molecule has 1 aromatic carbocycles. The molecule has 1 fully saturated rings. The van der Waals surface area contributed by atoms with E-state index in [0.29, 0.717) is 17.8 Å². The molecule has 0 spiro atoms. The van der Waals surface area contributed by atoms with Crippen LogP contribution in [-0.4, -0.2) is 37.1 Å². The highest BCUT2D eigenvalue weighted by Gasteiger charge is 2.21. The summed E-state index contributed by atoms with van der Waals surface area (Å²) in [6.45, 7) is 8.32. The van der Waals surface area contributed by atoms with E-state index in [-0.39, 0.29) is 6.03 Å². The zero-order valence-electron chi connectivity index (χ0n) is 13.3. The van der Waals surface area contributed by atoms with Crippen molar-refractivity contribution in [3.05, 3.63) is 29.8 Å². The molecule has 0 radical (unpaired) electrons. The minimum absolute atomic E-state index is 0.206. The first kappa shape index (κ1) is 16.3. The van der Waals surface area contributed by atoms with Crippen molar-refractivity contribution in [3.63, 3.8) is 0 Å². The lowest BCUT2D eigenvalue weighted by Crippen LogP contribution is -2.43. The predicted octanol–water partition coefficient (Wildman–Crippen LogP) is 2.66. The zero-order chi connectivity index (χ0) is 15.9. The molecule has 2 N–H and O–H groups in total. The van der Waals surface area contributed by atoms with Crippen LogP contribution >= 0.6 is 0 Å². The number of likely N-dealkylation sites (tertiary alicyclic amines) is 1. The summed E-state index contributed by atoms with van der Waals surface area (Å²) in [5.41, 5.74) is 1.27. The summed E-state index contributed by atoms with van der Waals surface area (Å²) in [5, 5.41) is 14.4. The maximum atomic E-state index is 11.8. The van der Waals surface area contributed by atoms with Crippen molar-refractivity contribution in [2.75, 3.05) is 31.5 Å².